The molecule has 2 heterocycles. The van der Waals surface area contributed by atoms with Gasteiger partial charge in [0.2, 0.25) is 11.8 Å². The van der Waals surface area contributed by atoms with Crippen LogP contribution in [0, 0.1) is 5.41 Å². The average Bonchev–Trinajstić information content (AvgIpc) is 2.87. The van der Waals surface area contributed by atoms with Crippen molar-refractivity contribution in [1.82, 2.24) is 15.1 Å². The van der Waals surface area contributed by atoms with Crippen molar-refractivity contribution in [3.63, 3.8) is 0 Å². The Hall–Kier alpha value is -2.58. The third kappa shape index (κ3) is 3.70. The first-order chi connectivity index (χ1) is 13.1. The van der Waals surface area contributed by atoms with Gasteiger partial charge in [-0.25, -0.2) is 0 Å². The van der Waals surface area contributed by atoms with Crippen molar-refractivity contribution in [3.05, 3.63) is 34.9 Å². The largest absolute Gasteiger partial charge is 0.330 e. The quantitative estimate of drug-likeness (QED) is 0.689. The van der Waals surface area contributed by atoms with Crippen LogP contribution in [0.15, 0.2) is 18.2 Å². The molecule has 1 atom stereocenters. The highest BCUT2D eigenvalue weighted by atomic mass is 16.2. The van der Waals surface area contributed by atoms with Crippen LogP contribution in [-0.2, 0) is 16.1 Å². The van der Waals surface area contributed by atoms with Gasteiger partial charge in [-0.1, -0.05) is 26.0 Å². The predicted molar refractivity (Wildman–Crippen MR) is 102 cm³/mol. The molecule has 2 aliphatic rings. The number of hydrogen-bond acceptors (Lipinski definition) is 6. The topological polar surface area (TPSA) is 113 Å². The summed E-state index contributed by atoms with van der Waals surface area (Å²) in [7, 11) is 1.94. The highest BCUT2D eigenvalue weighted by molar-refractivity contribution is 6.24. The molecule has 0 aromatic heterocycles. The molecule has 1 fully saturated rings. The molecule has 1 aromatic rings. The van der Waals surface area contributed by atoms with Crippen LogP contribution in [-0.4, -0.2) is 59.6 Å². The van der Waals surface area contributed by atoms with Crippen LogP contribution in [0.3, 0.4) is 0 Å². The van der Waals surface area contributed by atoms with E-state index in [4.69, 9.17) is 5.73 Å². The van der Waals surface area contributed by atoms with E-state index in [1.807, 2.05) is 13.1 Å². The molecule has 2 aliphatic heterocycles. The van der Waals surface area contributed by atoms with Gasteiger partial charge in [0.25, 0.3) is 11.8 Å². The highest BCUT2D eigenvalue weighted by Gasteiger charge is 2.45. The number of hydrogen-bond donors (Lipinski definition) is 2. The fraction of sp³-hybridized carbons (Fsp3) is 0.500. The molecule has 0 bridgehead atoms. The van der Waals surface area contributed by atoms with Gasteiger partial charge >= 0.3 is 0 Å². The van der Waals surface area contributed by atoms with E-state index in [0.29, 0.717) is 24.2 Å². The zero-order chi connectivity index (χ0) is 20.6. The number of carbonyl (C=O) groups is 4. The minimum atomic E-state index is -0.952. The van der Waals surface area contributed by atoms with Crippen LogP contribution in [0.5, 0.6) is 0 Å². The van der Waals surface area contributed by atoms with E-state index >= 15 is 0 Å². The average molecular weight is 386 g/mol. The lowest BCUT2D eigenvalue weighted by atomic mass is 9.93. The monoisotopic (exact) mass is 386 g/mol. The number of nitrogens with two attached hydrogens (primary N) is 1. The van der Waals surface area contributed by atoms with Crippen molar-refractivity contribution in [2.45, 2.75) is 39.3 Å². The molecule has 3 rings (SSSR count). The van der Waals surface area contributed by atoms with Gasteiger partial charge in [0.05, 0.1) is 11.1 Å². The lowest BCUT2D eigenvalue weighted by Gasteiger charge is -2.29. The molecular formula is C20H26N4O4. The van der Waals surface area contributed by atoms with Crippen molar-refractivity contribution in [2.24, 2.45) is 11.1 Å². The van der Waals surface area contributed by atoms with Gasteiger partial charge in [0.1, 0.15) is 6.04 Å². The van der Waals surface area contributed by atoms with Crippen molar-refractivity contribution in [2.75, 3.05) is 20.1 Å². The van der Waals surface area contributed by atoms with E-state index in [1.165, 1.54) is 0 Å². The smallest absolute Gasteiger partial charge is 0.262 e. The molecule has 8 heteroatoms. The van der Waals surface area contributed by atoms with Gasteiger partial charge in [-0.2, -0.15) is 0 Å². The fourth-order valence-corrected chi connectivity index (χ4v) is 3.86. The number of nitrogens with zero attached hydrogens (tertiary/aromatic N) is 2. The molecule has 1 saturated heterocycles. The first-order valence-corrected chi connectivity index (χ1v) is 9.36. The van der Waals surface area contributed by atoms with Gasteiger partial charge in [-0.05, 0) is 37.1 Å². The summed E-state index contributed by atoms with van der Waals surface area (Å²) in [5.41, 5.74) is 7.11. The van der Waals surface area contributed by atoms with E-state index in [2.05, 4.69) is 24.1 Å². The molecule has 150 valence electrons. The highest BCUT2D eigenvalue weighted by Crippen LogP contribution is 2.30. The van der Waals surface area contributed by atoms with Crippen LogP contribution in [0.4, 0.5) is 0 Å². The predicted octanol–water partition coefficient (Wildman–Crippen LogP) is 0.505. The SMILES string of the molecule is CN(Cc1cccc2c1C(=O)N(C1CCC(=O)NC1=O)C2=O)CC(C)(C)CN. The zero-order valence-corrected chi connectivity index (χ0v) is 16.4. The lowest BCUT2D eigenvalue weighted by Crippen LogP contribution is -2.54. The normalized spacial score (nSPS) is 20.0. The third-order valence-electron chi connectivity index (χ3n) is 5.25. The fourth-order valence-electron chi connectivity index (χ4n) is 3.86. The molecule has 28 heavy (non-hydrogen) atoms. The van der Waals surface area contributed by atoms with Crippen LogP contribution < -0.4 is 11.1 Å². The second-order valence-electron chi connectivity index (χ2n) is 8.33. The summed E-state index contributed by atoms with van der Waals surface area (Å²) in [5.74, 6) is -1.95. The van der Waals surface area contributed by atoms with Gasteiger partial charge in [0.15, 0.2) is 0 Å². The Morgan fingerprint density at radius 3 is 2.57 bits per heavy atom. The molecule has 4 amide bonds. The summed E-state index contributed by atoms with van der Waals surface area (Å²) in [6, 6.07) is 4.22. The Morgan fingerprint density at radius 1 is 1.21 bits per heavy atom. The van der Waals surface area contributed by atoms with E-state index in [0.717, 1.165) is 17.0 Å². The summed E-state index contributed by atoms with van der Waals surface area (Å²) < 4.78 is 0. The van der Waals surface area contributed by atoms with Gasteiger partial charge in [-0.15, -0.1) is 0 Å². The number of fused-ring (bicyclic) bond motifs is 1. The number of benzene rings is 1. The second kappa shape index (κ2) is 7.44. The minimum absolute atomic E-state index is 0.0781. The number of imide groups is 2. The Morgan fingerprint density at radius 2 is 1.93 bits per heavy atom. The van der Waals surface area contributed by atoms with Gasteiger partial charge in [-0.3, -0.25) is 29.4 Å². The molecule has 0 saturated carbocycles. The summed E-state index contributed by atoms with van der Waals surface area (Å²) in [6.07, 6.45) is 0.254. The Labute approximate surface area is 164 Å². The summed E-state index contributed by atoms with van der Waals surface area (Å²) in [5, 5.41) is 2.21. The van der Waals surface area contributed by atoms with E-state index in [9.17, 15) is 19.2 Å². The second-order valence-corrected chi connectivity index (χ2v) is 8.33. The van der Waals surface area contributed by atoms with E-state index < -0.39 is 23.8 Å². The number of piperidine rings is 1. The van der Waals surface area contributed by atoms with E-state index in [1.54, 1.807) is 12.1 Å². The molecule has 1 aromatic carbocycles. The maximum Gasteiger partial charge on any atom is 0.262 e. The van der Waals surface area contributed by atoms with Crippen LogP contribution in [0.1, 0.15) is 53.0 Å². The van der Waals surface area contributed by atoms with Crippen molar-refractivity contribution in [1.29, 1.82) is 0 Å². The van der Waals surface area contributed by atoms with Crippen molar-refractivity contribution >= 4 is 23.6 Å². The Bertz CT molecular complexity index is 849. The maximum atomic E-state index is 13.1. The molecular weight excluding hydrogens is 360 g/mol. The molecule has 1 unspecified atom stereocenters. The number of rotatable bonds is 6. The molecule has 3 N–H and O–H groups in total. The third-order valence-corrected chi connectivity index (χ3v) is 5.25. The van der Waals surface area contributed by atoms with Crippen molar-refractivity contribution in [3.8, 4) is 0 Å². The first-order valence-electron chi connectivity index (χ1n) is 9.36. The van der Waals surface area contributed by atoms with Crippen molar-refractivity contribution < 1.29 is 19.2 Å². The number of amides is 4. The summed E-state index contributed by atoms with van der Waals surface area (Å²) in [4.78, 5) is 52.6. The van der Waals surface area contributed by atoms with Gasteiger partial charge in [0, 0.05) is 19.5 Å². The molecule has 0 aliphatic carbocycles. The Kier molecular flexibility index (Phi) is 5.36. The van der Waals surface area contributed by atoms with Gasteiger partial charge < -0.3 is 10.6 Å². The summed E-state index contributed by atoms with van der Waals surface area (Å²) >= 11 is 0. The lowest BCUT2D eigenvalue weighted by molar-refractivity contribution is -0.136. The van der Waals surface area contributed by atoms with Crippen LogP contribution >= 0.6 is 0 Å². The Balaban J connectivity index is 1.86. The number of carbonyl (C=O) groups excluding carboxylic acids is 4. The minimum Gasteiger partial charge on any atom is -0.330 e. The van der Waals surface area contributed by atoms with E-state index in [-0.39, 0.29) is 24.2 Å². The molecule has 0 radical (unpaired) electrons. The maximum absolute atomic E-state index is 13.1. The molecule has 8 nitrogen and oxygen atoms in total. The van der Waals surface area contributed by atoms with Crippen LogP contribution in [0.25, 0.3) is 0 Å². The number of nitrogens with one attached hydrogen (secondary N) is 1. The standard InChI is InChI=1S/C20H26N4O4/c1-20(2,10-21)11-23(3)9-12-5-4-6-13-16(12)19(28)24(18(13)27)14-7-8-15(25)22-17(14)26/h4-6,14H,7-11,21H2,1-3H3,(H,22,25,26). The first kappa shape index (κ1) is 20.2. The zero-order valence-electron chi connectivity index (χ0n) is 16.4. The molecule has 0 spiro atoms. The van der Waals surface area contributed by atoms with Crippen LogP contribution in [0.2, 0.25) is 0 Å². The summed E-state index contributed by atoms with van der Waals surface area (Å²) in [6.45, 7) is 5.88.